The zero-order chi connectivity index (χ0) is 21.8. The van der Waals surface area contributed by atoms with E-state index in [-0.39, 0.29) is 17.6 Å². The van der Waals surface area contributed by atoms with Gasteiger partial charge >= 0.3 is 5.97 Å². The van der Waals surface area contributed by atoms with E-state index < -0.39 is 12.6 Å². The number of fused-ring (bicyclic) bond motifs is 1. The molecule has 0 aliphatic carbocycles. The van der Waals surface area contributed by atoms with Gasteiger partial charge in [-0.1, -0.05) is 60.7 Å². The number of esters is 1. The second-order valence-electron chi connectivity index (χ2n) is 7.19. The summed E-state index contributed by atoms with van der Waals surface area (Å²) < 4.78 is 5.18. The van der Waals surface area contributed by atoms with Gasteiger partial charge in [0.1, 0.15) is 0 Å². The van der Waals surface area contributed by atoms with Crippen molar-refractivity contribution in [1.29, 1.82) is 0 Å². The number of aromatic nitrogens is 3. The third-order valence-corrected chi connectivity index (χ3v) is 4.96. The summed E-state index contributed by atoms with van der Waals surface area (Å²) in [7, 11) is 0. The molecule has 4 aromatic rings. The van der Waals surface area contributed by atoms with Gasteiger partial charge in [0, 0.05) is 0 Å². The molecule has 1 aromatic heterocycles. The number of rotatable bonds is 6. The van der Waals surface area contributed by atoms with Crippen molar-refractivity contribution in [2.45, 2.75) is 19.9 Å². The largest absolute Gasteiger partial charge is 0.451 e. The topological polar surface area (TPSA) is 86.1 Å². The van der Waals surface area contributed by atoms with Crippen LogP contribution in [0.5, 0.6) is 0 Å². The maximum Gasteiger partial charge on any atom is 0.361 e. The molecule has 1 amide bonds. The van der Waals surface area contributed by atoms with Crippen molar-refractivity contribution in [2.24, 2.45) is 0 Å². The van der Waals surface area contributed by atoms with E-state index in [9.17, 15) is 9.59 Å². The molecule has 0 aliphatic rings. The molecule has 156 valence electrons. The predicted molar refractivity (Wildman–Crippen MR) is 117 cm³/mol. The molecular formula is C24H22N4O3. The van der Waals surface area contributed by atoms with Gasteiger partial charge in [0.05, 0.1) is 17.4 Å². The van der Waals surface area contributed by atoms with Crippen molar-refractivity contribution in [3.05, 3.63) is 89.7 Å². The van der Waals surface area contributed by atoms with Crippen LogP contribution in [-0.2, 0) is 9.53 Å². The third kappa shape index (κ3) is 4.45. The zero-order valence-electron chi connectivity index (χ0n) is 17.3. The summed E-state index contributed by atoms with van der Waals surface area (Å²) in [4.78, 5) is 26.2. The van der Waals surface area contributed by atoms with Crippen LogP contribution in [0.3, 0.4) is 0 Å². The fraction of sp³-hybridized carbons (Fsp3) is 0.167. The van der Waals surface area contributed by atoms with E-state index in [4.69, 9.17) is 4.74 Å². The Labute approximate surface area is 179 Å². The highest BCUT2D eigenvalue weighted by Crippen LogP contribution is 2.24. The first-order valence-corrected chi connectivity index (χ1v) is 9.96. The molecule has 7 heteroatoms. The van der Waals surface area contributed by atoms with E-state index in [1.165, 1.54) is 4.80 Å². The summed E-state index contributed by atoms with van der Waals surface area (Å²) in [6.45, 7) is 3.17. The lowest BCUT2D eigenvalue weighted by Gasteiger charge is -2.16. The molecule has 7 nitrogen and oxygen atoms in total. The standard InChI is InChI=1S/C24H22N4O3/c1-16(20-14-8-10-18-9-6-7-13-21(18)20)25-22(29)15-31-24(30)23-17(2)26-28(27-23)19-11-4-3-5-12-19/h3-14,16H,15H2,1-2H3,(H,25,29)/t16-/m1/s1. The van der Waals surface area contributed by atoms with E-state index in [0.717, 1.165) is 22.0 Å². The van der Waals surface area contributed by atoms with Crippen LogP contribution in [0.2, 0.25) is 0 Å². The summed E-state index contributed by atoms with van der Waals surface area (Å²) in [6.07, 6.45) is 0. The normalized spacial score (nSPS) is 11.8. The molecule has 1 atom stereocenters. The number of para-hydroxylation sites is 1. The summed E-state index contributed by atoms with van der Waals surface area (Å²) in [5.41, 5.74) is 2.24. The second-order valence-corrected chi connectivity index (χ2v) is 7.19. The van der Waals surface area contributed by atoms with Crippen molar-refractivity contribution in [3.63, 3.8) is 0 Å². The van der Waals surface area contributed by atoms with Gasteiger partial charge in [0.15, 0.2) is 12.3 Å². The number of nitrogens with one attached hydrogen (secondary N) is 1. The second kappa shape index (κ2) is 8.79. The molecule has 0 unspecified atom stereocenters. The lowest BCUT2D eigenvalue weighted by Crippen LogP contribution is -2.31. The average Bonchev–Trinajstić information content (AvgIpc) is 3.19. The number of hydrogen-bond donors (Lipinski definition) is 1. The van der Waals surface area contributed by atoms with Crippen LogP contribution < -0.4 is 5.32 Å². The summed E-state index contributed by atoms with van der Waals surface area (Å²) in [5, 5.41) is 13.5. The van der Waals surface area contributed by atoms with Gasteiger partial charge in [-0.3, -0.25) is 4.79 Å². The number of hydrogen-bond acceptors (Lipinski definition) is 5. The number of amides is 1. The van der Waals surface area contributed by atoms with Crippen molar-refractivity contribution >= 4 is 22.6 Å². The number of carbonyl (C=O) groups excluding carboxylic acids is 2. The first kappa shape index (κ1) is 20.3. The molecule has 0 bridgehead atoms. The van der Waals surface area contributed by atoms with Crippen LogP contribution in [0.15, 0.2) is 72.8 Å². The minimum Gasteiger partial charge on any atom is -0.451 e. The smallest absolute Gasteiger partial charge is 0.361 e. The Hall–Kier alpha value is -4.00. The SMILES string of the molecule is Cc1nn(-c2ccccc2)nc1C(=O)OCC(=O)N[C@H](C)c1cccc2ccccc12. The summed E-state index contributed by atoms with van der Waals surface area (Å²) in [5.74, 6) is -1.07. The van der Waals surface area contributed by atoms with E-state index >= 15 is 0 Å². The summed E-state index contributed by atoms with van der Waals surface area (Å²) in [6, 6.07) is 23.0. The van der Waals surface area contributed by atoms with Gasteiger partial charge in [0.2, 0.25) is 0 Å². The maximum atomic E-state index is 12.4. The molecule has 0 radical (unpaired) electrons. The summed E-state index contributed by atoms with van der Waals surface area (Å²) >= 11 is 0. The molecule has 0 saturated carbocycles. The average molecular weight is 414 g/mol. The van der Waals surface area contributed by atoms with Gasteiger partial charge in [-0.05, 0) is 42.3 Å². The monoisotopic (exact) mass is 414 g/mol. The van der Waals surface area contributed by atoms with Gasteiger partial charge in [0.25, 0.3) is 5.91 Å². The Morgan fingerprint density at radius 3 is 2.48 bits per heavy atom. The fourth-order valence-corrected chi connectivity index (χ4v) is 3.43. The molecule has 0 fully saturated rings. The van der Waals surface area contributed by atoms with Crippen molar-refractivity contribution in [1.82, 2.24) is 20.3 Å². The molecule has 1 N–H and O–H groups in total. The molecule has 4 rings (SSSR count). The van der Waals surface area contributed by atoms with Gasteiger partial charge < -0.3 is 10.1 Å². The maximum absolute atomic E-state index is 12.4. The molecular weight excluding hydrogens is 392 g/mol. The highest BCUT2D eigenvalue weighted by atomic mass is 16.5. The minimum absolute atomic E-state index is 0.0822. The number of benzene rings is 3. The Kier molecular flexibility index (Phi) is 5.75. The minimum atomic E-state index is -0.687. The van der Waals surface area contributed by atoms with Gasteiger partial charge in [-0.15, -0.1) is 5.10 Å². The number of ether oxygens (including phenoxy) is 1. The van der Waals surface area contributed by atoms with Crippen LogP contribution in [0, 0.1) is 6.92 Å². The van der Waals surface area contributed by atoms with Crippen LogP contribution >= 0.6 is 0 Å². The van der Waals surface area contributed by atoms with E-state index in [0.29, 0.717) is 5.69 Å². The molecule has 1 heterocycles. The fourth-order valence-electron chi connectivity index (χ4n) is 3.43. The Balaban J connectivity index is 1.39. The lowest BCUT2D eigenvalue weighted by molar-refractivity contribution is -0.124. The highest BCUT2D eigenvalue weighted by Gasteiger charge is 2.20. The number of carbonyl (C=O) groups is 2. The molecule has 0 saturated heterocycles. The van der Waals surface area contributed by atoms with Gasteiger partial charge in [-0.2, -0.15) is 9.90 Å². The van der Waals surface area contributed by atoms with E-state index in [1.807, 2.05) is 79.7 Å². The Morgan fingerprint density at radius 2 is 1.68 bits per heavy atom. The Bertz CT molecular complexity index is 1230. The number of aryl methyl sites for hydroxylation is 1. The van der Waals surface area contributed by atoms with E-state index in [2.05, 4.69) is 15.5 Å². The van der Waals surface area contributed by atoms with Crippen LogP contribution in [0.25, 0.3) is 16.5 Å². The number of nitrogens with zero attached hydrogens (tertiary/aromatic N) is 3. The highest BCUT2D eigenvalue weighted by molar-refractivity contribution is 5.91. The molecule has 0 spiro atoms. The third-order valence-electron chi connectivity index (χ3n) is 4.96. The van der Waals surface area contributed by atoms with Crippen molar-refractivity contribution in [2.75, 3.05) is 6.61 Å². The first-order valence-electron chi connectivity index (χ1n) is 9.96. The lowest BCUT2D eigenvalue weighted by atomic mass is 10.00. The molecule has 31 heavy (non-hydrogen) atoms. The first-order chi connectivity index (χ1) is 15.0. The van der Waals surface area contributed by atoms with Crippen LogP contribution in [0.4, 0.5) is 0 Å². The zero-order valence-corrected chi connectivity index (χ0v) is 17.3. The quantitative estimate of drug-likeness (QED) is 0.486. The van der Waals surface area contributed by atoms with Crippen molar-refractivity contribution < 1.29 is 14.3 Å². The predicted octanol–water partition coefficient (Wildman–Crippen LogP) is 3.76. The molecule has 0 aliphatic heterocycles. The van der Waals surface area contributed by atoms with Crippen LogP contribution in [0.1, 0.15) is 34.7 Å². The van der Waals surface area contributed by atoms with Gasteiger partial charge in [-0.25, -0.2) is 4.79 Å². The molecule has 3 aromatic carbocycles. The van der Waals surface area contributed by atoms with Crippen molar-refractivity contribution in [3.8, 4) is 5.69 Å². The Morgan fingerprint density at radius 1 is 0.968 bits per heavy atom. The van der Waals surface area contributed by atoms with E-state index in [1.54, 1.807) is 6.92 Å². The van der Waals surface area contributed by atoms with Crippen LogP contribution in [-0.4, -0.2) is 33.5 Å².